The maximum atomic E-state index is 10.2. The number of halogens is 1. The summed E-state index contributed by atoms with van der Waals surface area (Å²) in [6.45, 7) is 4.33. The summed E-state index contributed by atoms with van der Waals surface area (Å²) in [6, 6.07) is 24.1. The minimum Gasteiger partial charge on any atom is -0.508 e. The lowest BCUT2D eigenvalue weighted by atomic mass is 10.1. The monoisotopic (exact) mass is 474 g/mol. The van der Waals surface area contributed by atoms with Crippen LogP contribution >= 0.6 is 15.9 Å². The van der Waals surface area contributed by atoms with Crippen LogP contribution in [0.3, 0.4) is 0 Å². The Kier molecular flexibility index (Phi) is 5.57. The number of phenols is 1. The molecule has 2 heterocycles. The van der Waals surface area contributed by atoms with Gasteiger partial charge in [0.15, 0.2) is 5.82 Å². The van der Waals surface area contributed by atoms with Gasteiger partial charge in [0.2, 0.25) is 0 Å². The molecule has 31 heavy (non-hydrogen) atoms. The van der Waals surface area contributed by atoms with E-state index in [0.717, 1.165) is 70.9 Å². The molecule has 0 saturated carbocycles. The second kappa shape index (κ2) is 8.65. The smallest absolute Gasteiger partial charge is 0.162 e. The number of piperazine rings is 1. The Hall–Kier alpha value is -2.96. The average molecular weight is 475 g/mol. The van der Waals surface area contributed by atoms with Crippen LogP contribution in [-0.2, 0) is 6.54 Å². The van der Waals surface area contributed by atoms with Crippen LogP contribution in [0.2, 0.25) is 0 Å². The molecule has 1 aromatic heterocycles. The normalized spacial score (nSPS) is 14.8. The maximum absolute atomic E-state index is 10.2. The summed E-state index contributed by atoms with van der Waals surface area (Å²) in [6.07, 6.45) is 0. The predicted octanol–water partition coefficient (Wildman–Crippen LogP) is 5.09. The van der Waals surface area contributed by atoms with E-state index in [9.17, 15) is 5.11 Å². The first kappa shape index (κ1) is 20.0. The molecule has 1 N–H and O–H groups in total. The van der Waals surface area contributed by atoms with E-state index >= 15 is 0 Å². The van der Waals surface area contributed by atoms with Gasteiger partial charge in [-0.3, -0.25) is 4.90 Å². The second-order valence-electron chi connectivity index (χ2n) is 7.79. The maximum Gasteiger partial charge on any atom is 0.162 e. The molecule has 1 fully saturated rings. The van der Waals surface area contributed by atoms with Crippen molar-refractivity contribution in [3.63, 3.8) is 0 Å². The largest absolute Gasteiger partial charge is 0.508 e. The van der Waals surface area contributed by atoms with Crippen LogP contribution in [0.25, 0.3) is 22.3 Å². The van der Waals surface area contributed by atoms with Crippen molar-refractivity contribution in [1.29, 1.82) is 0 Å². The lowest BCUT2D eigenvalue weighted by Gasteiger charge is -2.36. The molecule has 0 atom stereocenters. The van der Waals surface area contributed by atoms with Gasteiger partial charge in [-0.25, -0.2) is 9.97 Å². The minimum atomic E-state index is 0.339. The number of nitrogens with zero attached hydrogens (tertiary/aromatic N) is 4. The third kappa shape index (κ3) is 4.27. The zero-order valence-electron chi connectivity index (χ0n) is 17.1. The van der Waals surface area contributed by atoms with Gasteiger partial charge in [0, 0.05) is 53.7 Å². The number of hydrogen-bond acceptors (Lipinski definition) is 5. The van der Waals surface area contributed by atoms with Crippen LogP contribution in [0.15, 0.2) is 77.3 Å². The van der Waals surface area contributed by atoms with Gasteiger partial charge >= 0.3 is 0 Å². The lowest BCUT2D eigenvalue weighted by molar-refractivity contribution is 0.246. The molecule has 6 heteroatoms. The van der Waals surface area contributed by atoms with Crippen molar-refractivity contribution in [3.8, 4) is 17.1 Å². The highest BCUT2D eigenvalue weighted by molar-refractivity contribution is 9.10. The molecule has 156 valence electrons. The Morgan fingerprint density at radius 3 is 2.35 bits per heavy atom. The third-order valence-electron chi connectivity index (χ3n) is 5.73. The van der Waals surface area contributed by atoms with E-state index in [-0.39, 0.29) is 0 Å². The molecule has 0 unspecified atom stereocenters. The molecular formula is C25H23BrN4O. The number of hydrogen-bond donors (Lipinski definition) is 1. The number of aromatic hydroxyl groups is 1. The highest BCUT2D eigenvalue weighted by Crippen LogP contribution is 2.29. The topological polar surface area (TPSA) is 52.5 Å². The van der Waals surface area contributed by atoms with Crippen LogP contribution in [0.1, 0.15) is 5.56 Å². The fourth-order valence-corrected chi connectivity index (χ4v) is 4.40. The summed E-state index contributed by atoms with van der Waals surface area (Å²) in [5, 5.41) is 11.3. The molecule has 5 nitrogen and oxygen atoms in total. The average Bonchev–Trinajstić information content (AvgIpc) is 2.81. The second-order valence-corrected chi connectivity index (χ2v) is 8.71. The molecule has 5 rings (SSSR count). The van der Waals surface area contributed by atoms with Crippen molar-refractivity contribution < 1.29 is 5.11 Å². The summed E-state index contributed by atoms with van der Waals surface area (Å²) < 4.78 is 0.892. The van der Waals surface area contributed by atoms with Gasteiger partial charge in [-0.15, -0.1) is 0 Å². The van der Waals surface area contributed by atoms with E-state index in [1.807, 2.05) is 42.5 Å². The summed E-state index contributed by atoms with van der Waals surface area (Å²) in [7, 11) is 0. The lowest BCUT2D eigenvalue weighted by Crippen LogP contribution is -2.46. The first-order valence-corrected chi connectivity index (χ1v) is 11.2. The van der Waals surface area contributed by atoms with Gasteiger partial charge in [0.1, 0.15) is 11.6 Å². The molecule has 1 aliphatic rings. The van der Waals surface area contributed by atoms with Gasteiger partial charge < -0.3 is 10.0 Å². The number of fused-ring (bicyclic) bond motifs is 1. The SMILES string of the molecule is Oc1cc(Br)ccc1CN1CCN(c2nc(-c3ccccc3)nc3ccccc23)CC1. The number of para-hydroxylation sites is 1. The fraction of sp³-hybridized carbons (Fsp3) is 0.200. The van der Waals surface area contributed by atoms with Crippen LogP contribution in [0.5, 0.6) is 5.75 Å². The van der Waals surface area contributed by atoms with Crippen LogP contribution in [-0.4, -0.2) is 46.2 Å². The van der Waals surface area contributed by atoms with Crippen LogP contribution in [0.4, 0.5) is 5.82 Å². The number of phenolic OH excluding ortho intramolecular Hbond substituents is 1. The highest BCUT2D eigenvalue weighted by atomic mass is 79.9. The molecule has 0 aliphatic carbocycles. The molecule has 1 saturated heterocycles. The Labute approximate surface area is 190 Å². The van der Waals surface area contributed by atoms with E-state index in [0.29, 0.717) is 5.75 Å². The van der Waals surface area contributed by atoms with Crippen LogP contribution < -0.4 is 4.90 Å². The summed E-state index contributed by atoms with van der Waals surface area (Å²) in [5.74, 6) is 2.10. The van der Waals surface area contributed by atoms with E-state index in [2.05, 4.69) is 50.0 Å². The van der Waals surface area contributed by atoms with Gasteiger partial charge in [-0.1, -0.05) is 64.5 Å². The summed E-state index contributed by atoms with van der Waals surface area (Å²) >= 11 is 3.41. The Morgan fingerprint density at radius 1 is 0.839 bits per heavy atom. The number of aromatic nitrogens is 2. The molecule has 0 bridgehead atoms. The number of rotatable bonds is 4. The van der Waals surface area contributed by atoms with E-state index in [1.165, 1.54) is 0 Å². The molecule has 0 amide bonds. The molecule has 1 aliphatic heterocycles. The highest BCUT2D eigenvalue weighted by Gasteiger charge is 2.22. The van der Waals surface area contributed by atoms with Gasteiger partial charge in [0.25, 0.3) is 0 Å². The van der Waals surface area contributed by atoms with Crippen molar-refractivity contribution in [2.45, 2.75) is 6.54 Å². The van der Waals surface area contributed by atoms with E-state index in [4.69, 9.17) is 9.97 Å². The number of anilines is 1. The van der Waals surface area contributed by atoms with Gasteiger partial charge in [0.05, 0.1) is 5.52 Å². The Balaban J connectivity index is 1.39. The minimum absolute atomic E-state index is 0.339. The summed E-state index contributed by atoms with van der Waals surface area (Å²) in [4.78, 5) is 14.5. The van der Waals surface area contributed by atoms with Gasteiger partial charge in [-0.05, 0) is 24.3 Å². The molecule has 3 aromatic carbocycles. The zero-order chi connectivity index (χ0) is 21.2. The molecule has 0 spiro atoms. The third-order valence-corrected chi connectivity index (χ3v) is 6.22. The van der Waals surface area contributed by atoms with Gasteiger partial charge in [-0.2, -0.15) is 0 Å². The fourth-order valence-electron chi connectivity index (χ4n) is 4.05. The van der Waals surface area contributed by atoms with Crippen molar-refractivity contribution in [2.75, 3.05) is 31.1 Å². The molecule has 0 radical (unpaired) electrons. The van der Waals surface area contributed by atoms with Crippen molar-refractivity contribution >= 4 is 32.7 Å². The van der Waals surface area contributed by atoms with Crippen molar-refractivity contribution in [1.82, 2.24) is 14.9 Å². The number of benzene rings is 3. The predicted molar refractivity (Wildman–Crippen MR) is 128 cm³/mol. The van der Waals surface area contributed by atoms with Crippen LogP contribution in [0, 0.1) is 0 Å². The Morgan fingerprint density at radius 2 is 1.58 bits per heavy atom. The summed E-state index contributed by atoms with van der Waals surface area (Å²) in [5.41, 5.74) is 2.95. The van der Waals surface area contributed by atoms with Crippen molar-refractivity contribution in [2.24, 2.45) is 0 Å². The standard InChI is InChI=1S/C25H23BrN4O/c26-20-11-10-19(23(31)16-20)17-29-12-14-30(15-13-29)25-21-8-4-5-9-22(21)27-24(28-25)18-6-2-1-3-7-18/h1-11,16,31H,12-15,17H2. The van der Waals surface area contributed by atoms with E-state index in [1.54, 1.807) is 6.07 Å². The quantitative estimate of drug-likeness (QED) is 0.446. The van der Waals surface area contributed by atoms with E-state index < -0.39 is 0 Å². The molecular weight excluding hydrogens is 452 g/mol. The Bertz CT molecular complexity index is 1210. The zero-order valence-corrected chi connectivity index (χ0v) is 18.7. The van der Waals surface area contributed by atoms with Crippen molar-refractivity contribution in [3.05, 3.63) is 82.8 Å². The first-order chi connectivity index (χ1) is 15.2. The molecule has 4 aromatic rings. The first-order valence-electron chi connectivity index (χ1n) is 10.4.